The van der Waals surface area contributed by atoms with Crippen LogP contribution in [0.15, 0.2) is 30.3 Å². The highest BCUT2D eigenvalue weighted by Gasteiger charge is 2.57. The first kappa shape index (κ1) is 10.3. The van der Waals surface area contributed by atoms with Crippen molar-refractivity contribution in [1.29, 1.82) is 0 Å². The average Bonchev–Trinajstić information content (AvgIpc) is 2.65. The summed E-state index contributed by atoms with van der Waals surface area (Å²) in [5.41, 5.74) is 6.23. The number of hydrogen-bond donors (Lipinski definition) is 1. The molecule has 0 amide bonds. The second kappa shape index (κ2) is 3.31. The number of fused-ring (bicyclic) bond motifs is 1. The minimum atomic E-state index is 0.398. The van der Waals surface area contributed by atoms with E-state index < -0.39 is 0 Å². The van der Waals surface area contributed by atoms with E-state index in [9.17, 15) is 0 Å². The smallest absolute Gasteiger partial charge is 0.0345 e. The van der Waals surface area contributed by atoms with Gasteiger partial charge in [-0.1, -0.05) is 32.0 Å². The molecule has 2 heteroatoms. The Bertz CT molecular complexity index is 493. The maximum Gasteiger partial charge on any atom is 0.0345 e. The predicted molar refractivity (Wildman–Crippen MR) is 70.9 cm³/mol. The van der Waals surface area contributed by atoms with Crippen molar-refractivity contribution in [3.8, 4) is 0 Å². The molecule has 0 aliphatic heterocycles. The van der Waals surface area contributed by atoms with Gasteiger partial charge in [-0.2, -0.15) is 0 Å². The molecule has 84 valence electrons. The lowest BCUT2D eigenvalue weighted by Gasteiger charge is -1.98. The lowest BCUT2D eigenvalue weighted by atomic mass is 10.1. The zero-order valence-corrected chi connectivity index (χ0v) is 10.6. The monoisotopic (exact) mass is 231 g/mol. The summed E-state index contributed by atoms with van der Waals surface area (Å²) >= 11 is 1.93. The fourth-order valence-corrected chi connectivity index (χ4v) is 4.33. The highest BCUT2D eigenvalue weighted by molar-refractivity contribution is 7.19. The SMILES string of the molecule is CC1(C)C(CN)C1c1cc2ccccc2s1. The van der Waals surface area contributed by atoms with Gasteiger partial charge >= 0.3 is 0 Å². The molecule has 0 radical (unpaired) electrons. The van der Waals surface area contributed by atoms with Gasteiger partial charge in [-0.25, -0.2) is 0 Å². The van der Waals surface area contributed by atoms with E-state index in [0.717, 1.165) is 6.54 Å². The third-order valence-electron chi connectivity index (χ3n) is 4.06. The van der Waals surface area contributed by atoms with E-state index in [0.29, 0.717) is 17.3 Å². The molecule has 0 bridgehead atoms. The number of hydrogen-bond acceptors (Lipinski definition) is 2. The van der Waals surface area contributed by atoms with Crippen LogP contribution >= 0.6 is 11.3 Å². The van der Waals surface area contributed by atoms with Crippen molar-refractivity contribution in [2.24, 2.45) is 17.1 Å². The minimum absolute atomic E-state index is 0.398. The van der Waals surface area contributed by atoms with Crippen molar-refractivity contribution in [1.82, 2.24) is 0 Å². The van der Waals surface area contributed by atoms with Crippen molar-refractivity contribution in [2.75, 3.05) is 6.54 Å². The maximum absolute atomic E-state index is 5.84. The molecule has 1 saturated carbocycles. The summed E-state index contributed by atoms with van der Waals surface area (Å²) in [6.07, 6.45) is 0. The van der Waals surface area contributed by atoms with Crippen molar-refractivity contribution >= 4 is 21.4 Å². The van der Waals surface area contributed by atoms with E-state index in [-0.39, 0.29) is 0 Å². The van der Waals surface area contributed by atoms with E-state index in [2.05, 4.69) is 44.2 Å². The highest BCUT2D eigenvalue weighted by atomic mass is 32.1. The zero-order valence-electron chi connectivity index (χ0n) is 9.73. The number of rotatable bonds is 2. The molecule has 0 saturated heterocycles. The third-order valence-corrected chi connectivity index (χ3v) is 5.25. The summed E-state index contributed by atoms with van der Waals surface area (Å²) < 4.78 is 1.40. The number of thiophene rings is 1. The molecule has 1 heterocycles. The summed E-state index contributed by atoms with van der Waals surface area (Å²) in [6.45, 7) is 5.48. The fourth-order valence-electron chi connectivity index (χ4n) is 2.90. The first-order chi connectivity index (χ1) is 7.64. The average molecular weight is 231 g/mol. The van der Waals surface area contributed by atoms with Gasteiger partial charge in [0.2, 0.25) is 0 Å². The van der Waals surface area contributed by atoms with E-state index in [1.165, 1.54) is 15.0 Å². The third kappa shape index (κ3) is 1.33. The second-order valence-electron chi connectivity index (χ2n) is 5.33. The molecule has 1 fully saturated rings. The van der Waals surface area contributed by atoms with E-state index in [1.54, 1.807) is 0 Å². The van der Waals surface area contributed by atoms with Crippen LogP contribution in [0.3, 0.4) is 0 Å². The van der Waals surface area contributed by atoms with E-state index >= 15 is 0 Å². The summed E-state index contributed by atoms with van der Waals surface area (Å²) in [6, 6.07) is 11.0. The number of nitrogens with two attached hydrogens (primary N) is 1. The Morgan fingerprint density at radius 2 is 2.06 bits per heavy atom. The molecule has 2 aromatic rings. The second-order valence-corrected chi connectivity index (χ2v) is 6.44. The Morgan fingerprint density at radius 1 is 1.31 bits per heavy atom. The normalized spacial score (nSPS) is 27.2. The Kier molecular flexibility index (Phi) is 2.13. The molecule has 3 rings (SSSR count). The summed E-state index contributed by atoms with van der Waals surface area (Å²) in [5.74, 6) is 1.34. The van der Waals surface area contributed by atoms with Crippen LogP contribution in [0.1, 0.15) is 24.6 Å². The Hall–Kier alpha value is -0.860. The molecule has 1 aliphatic carbocycles. The molecule has 1 aromatic carbocycles. The van der Waals surface area contributed by atoms with E-state index in [1.807, 2.05) is 11.3 Å². The summed E-state index contributed by atoms with van der Waals surface area (Å²) in [4.78, 5) is 1.52. The van der Waals surface area contributed by atoms with Crippen LogP contribution in [-0.4, -0.2) is 6.54 Å². The van der Waals surface area contributed by atoms with Crippen LogP contribution in [0.4, 0.5) is 0 Å². The van der Waals surface area contributed by atoms with Gasteiger partial charge in [-0.15, -0.1) is 11.3 Å². The van der Waals surface area contributed by atoms with Crippen LogP contribution in [0, 0.1) is 11.3 Å². The van der Waals surface area contributed by atoms with Gasteiger partial charge in [0.15, 0.2) is 0 Å². The fraction of sp³-hybridized carbons (Fsp3) is 0.429. The Balaban J connectivity index is 2.02. The standard InChI is InChI=1S/C14H17NS/c1-14(2)10(8-15)13(14)12-7-9-5-3-4-6-11(9)16-12/h3-7,10,13H,8,15H2,1-2H3. The summed E-state index contributed by atoms with van der Waals surface area (Å²) in [5, 5.41) is 1.38. The van der Waals surface area contributed by atoms with Gasteiger partial charge < -0.3 is 5.73 Å². The zero-order chi connectivity index (χ0) is 11.3. The van der Waals surface area contributed by atoms with Gasteiger partial charge in [-0.05, 0) is 35.4 Å². The van der Waals surface area contributed by atoms with Crippen molar-refractivity contribution < 1.29 is 0 Å². The Morgan fingerprint density at radius 3 is 2.69 bits per heavy atom. The molecule has 2 atom stereocenters. The molecule has 0 spiro atoms. The topological polar surface area (TPSA) is 26.0 Å². The molecular weight excluding hydrogens is 214 g/mol. The lowest BCUT2D eigenvalue weighted by molar-refractivity contribution is 0.559. The largest absolute Gasteiger partial charge is 0.330 e. The molecule has 1 aliphatic rings. The molecule has 1 aromatic heterocycles. The van der Waals surface area contributed by atoms with Crippen molar-refractivity contribution in [3.63, 3.8) is 0 Å². The van der Waals surface area contributed by atoms with Gasteiger partial charge in [0.05, 0.1) is 0 Å². The predicted octanol–water partition coefficient (Wildman–Crippen LogP) is 3.60. The Labute approximate surface area is 100 Å². The van der Waals surface area contributed by atoms with Crippen molar-refractivity contribution in [2.45, 2.75) is 19.8 Å². The van der Waals surface area contributed by atoms with Crippen LogP contribution < -0.4 is 5.73 Å². The highest BCUT2D eigenvalue weighted by Crippen LogP contribution is 2.65. The minimum Gasteiger partial charge on any atom is -0.330 e. The molecule has 1 nitrogen and oxygen atoms in total. The molecule has 2 N–H and O–H groups in total. The van der Waals surface area contributed by atoms with Crippen LogP contribution in [0.25, 0.3) is 10.1 Å². The van der Waals surface area contributed by atoms with Gasteiger partial charge in [0, 0.05) is 15.5 Å². The molecular formula is C14H17NS. The van der Waals surface area contributed by atoms with Gasteiger partial charge in [0.1, 0.15) is 0 Å². The first-order valence-corrected chi connectivity index (χ1v) is 6.65. The maximum atomic E-state index is 5.84. The van der Waals surface area contributed by atoms with E-state index in [4.69, 9.17) is 5.73 Å². The summed E-state index contributed by atoms with van der Waals surface area (Å²) in [7, 11) is 0. The van der Waals surface area contributed by atoms with Gasteiger partial charge in [-0.3, -0.25) is 0 Å². The van der Waals surface area contributed by atoms with Crippen LogP contribution in [0.2, 0.25) is 0 Å². The van der Waals surface area contributed by atoms with Crippen LogP contribution in [-0.2, 0) is 0 Å². The first-order valence-electron chi connectivity index (χ1n) is 5.83. The number of benzene rings is 1. The molecule has 2 unspecified atom stereocenters. The quantitative estimate of drug-likeness (QED) is 0.839. The molecule has 16 heavy (non-hydrogen) atoms. The van der Waals surface area contributed by atoms with Crippen molar-refractivity contribution in [3.05, 3.63) is 35.2 Å². The lowest BCUT2D eigenvalue weighted by Crippen LogP contribution is -2.05. The van der Waals surface area contributed by atoms with Crippen LogP contribution in [0.5, 0.6) is 0 Å². The van der Waals surface area contributed by atoms with Gasteiger partial charge in [0.25, 0.3) is 0 Å².